The second-order valence-corrected chi connectivity index (χ2v) is 6.43. The lowest BCUT2D eigenvalue weighted by Gasteiger charge is -2.16. The predicted molar refractivity (Wildman–Crippen MR) is 105 cm³/mol. The van der Waals surface area contributed by atoms with Gasteiger partial charge in [-0.3, -0.25) is 4.79 Å². The summed E-state index contributed by atoms with van der Waals surface area (Å²) in [5, 5.41) is 4.49. The van der Waals surface area contributed by atoms with Gasteiger partial charge in [-0.15, -0.1) is 0 Å². The molecule has 0 radical (unpaired) electrons. The number of carbonyl (C=O) groups excluding carboxylic acids is 1. The van der Waals surface area contributed by atoms with Crippen LogP contribution < -0.4 is 9.47 Å². The minimum Gasteiger partial charge on any atom is -0.497 e. The Morgan fingerprint density at radius 2 is 1.86 bits per heavy atom. The zero-order valence-corrected chi connectivity index (χ0v) is 16.3. The third-order valence-electron chi connectivity index (χ3n) is 4.09. The first-order chi connectivity index (χ1) is 13.6. The maximum absolute atomic E-state index is 12.2. The number of carbonyl (C=O) groups is 1. The quantitative estimate of drug-likeness (QED) is 0.575. The number of halogens is 1. The third-order valence-corrected chi connectivity index (χ3v) is 4.42. The van der Waals surface area contributed by atoms with Crippen molar-refractivity contribution in [3.05, 3.63) is 59.4 Å². The minimum atomic E-state index is -0.148. The lowest BCUT2D eigenvalue weighted by Crippen LogP contribution is -2.33. The Kier molecular flexibility index (Phi) is 6.49. The fraction of sp³-hybridized carbons (Fsp3) is 0.250. The van der Waals surface area contributed by atoms with Crippen molar-refractivity contribution in [3.63, 3.8) is 0 Å². The first kappa shape index (κ1) is 19.7. The standard InChI is InChI=1S/C20H20ClN3O4/c1-24(19(25)13-27-15-9-7-14(26-2)8-10-15)12-11-18-22-20(28-23-18)16-5-3-4-6-17(16)21/h3-10H,11-13H2,1-2H3. The van der Waals surface area contributed by atoms with Gasteiger partial charge in [0.05, 0.1) is 17.7 Å². The lowest BCUT2D eigenvalue weighted by molar-refractivity contribution is -0.132. The summed E-state index contributed by atoms with van der Waals surface area (Å²) >= 11 is 6.14. The van der Waals surface area contributed by atoms with Crippen molar-refractivity contribution < 1.29 is 18.8 Å². The smallest absolute Gasteiger partial charge is 0.260 e. The van der Waals surface area contributed by atoms with Gasteiger partial charge in [-0.05, 0) is 36.4 Å². The number of likely N-dealkylation sites (N-methyl/N-ethyl adjacent to an activating group) is 1. The van der Waals surface area contributed by atoms with Gasteiger partial charge in [0.2, 0.25) is 0 Å². The monoisotopic (exact) mass is 401 g/mol. The van der Waals surface area contributed by atoms with E-state index in [2.05, 4.69) is 10.1 Å². The first-order valence-electron chi connectivity index (χ1n) is 8.65. The molecular weight excluding hydrogens is 382 g/mol. The van der Waals surface area contributed by atoms with E-state index >= 15 is 0 Å². The average molecular weight is 402 g/mol. The van der Waals surface area contributed by atoms with Crippen molar-refractivity contribution in [1.29, 1.82) is 0 Å². The number of nitrogens with zero attached hydrogens (tertiary/aromatic N) is 3. The van der Waals surface area contributed by atoms with Crippen molar-refractivity contribution >= 4 is 17.5 Å². The third kappa shape index (κ3) is 5.01. The Morgan fingerprint density at radius 3 is 2.57 bits per heavy atom. The van der Waals surface area contributed by atoms with Crippen LogP contribution in [-0.4, -0.2) is 48.3 Å². The van der Waals surface area contributed by atoms with Gasteiger partial charge in [0, 0.05) is 20.0 Å². The van der Waals surface area contributed by atoms with Crippen LogP contribution in [-0.2, 0) is 11.2 Å². The molecule has 0 bridgehead atoms. The van der Waals surface area contributed by atoms with E-state index in [0.717, 1.165) is 5.75 Å². The van der Waals surface area contributed by atoms with Crippen LogP contribution in [0.15, 0.2) is 53.1 Å². The highest BCUT2D eigenvalue weighted by Gasteiger charge is 2.14. The Labute approximate surface area is 167 Å². The van der Waals surface area contributed by atoms with Crippen molar-refractivity contribution in [2.24, 2.45) is 0 Å². The van der Waals surface area contributed by atoms with Gasteiger partial charge in [0.1, 0.15) is 11.5 Å². The number of ether oxygens (including phenoxy) is 2. The van der Waals surface area contributed by atoms with Crippen LogP contribution >= 0.6 is 11.6 Å². The molecule has 0 aliphatic carbocycles. The molecule has 0 spiro atoms. The molecule has 0 unspecified atom stereocenters. The van der Waals surface area contributed by atoms with Gasteiger partial charge in [-0.2, -0.15) is 4.98 Å². The van der Waals surface area contributed by atoms with Crippen molar-refractivity contribution in [2.45, 2.75) is 6.42 Å². The summed E-state index contributed by atoms with van der Waals surface area (Å²) in [7, 11) is 3.30. The molecule has 2 aromatic carbocycles. The summed E-state index contributed by atoms with van der Waals surface area (Å²) in [6.07, 6.45) is 0.457. The summed E-state index contributed by atoms with van der Waals surface area (Å²) in [4.78, 5) is 18.1. The number of benzene rings is 2. The minimum absolute atomic E-state index is 0.0556. The molecule has 146 valence electrons. The fourth-order valence-electron chi connectivity index (χ4n) is 2.42. The normalized spacial score (nSPS) is 10.5. The predicted octanol–water partition coefficient (Wildman–Crippen LogP) is 3.48. The molecule has 3 rings (SSSR count). The maximum atomic E-state index is 12.2. The highest BCUT2D eigenvalue weighted by atomic mass is 35.5. The molecule has 0 fully saturated rings. The zero-order valence-electron chi connectivity index (χ0n) is 15.6. The van der Waals surface area contributed by atoms with Crippen LogP contribution in [0.2, 0.25) is 5.02 Å². The maximum Gasteiger partial charge on any atom is 0.260 e. The molecule has 1 amide bonds. The van der Waals surface area contributed by atoms with E-state index < -0.39 is 0 Å². The molecule has 3 aromatic rings. The summed E-state index contributed by atoms with van der Waals surface area (Å²) in [5.41, 5.74) is 0.681. The number of hydrogen-bond donors (Lipinski definition) is 0. The summed E-state index contributed by atoms with van der Waals surface area (Å²) in [5.74, 6) is 2.05. The Morgan fingerprint density at radius 1 is 1.14 bits per heavy atom. The molecule has 1 heterocycles. The second kappa shape index (κ2) is 9.23. The van der Waals surface area contributed by atoms with Crippen LogP contribution in [0.4, 0.5) is 0 Å². The molecule has 0 N–H and O–H groups in total. The molecule has 0 saturated heterocycles. The Hall–Kier alpha value is -3.06. The molecule has 0 saturated carbocycles. The highest BCUT2D eigenvalue weighted by Crippen LogP contribution is 2.25. The van der Waals surface area contributed by atoms with Crippen molar-refractivity contribution in [3.8, 4) is 23.0 Å². The van der Waals surface area contributed by atoms with E-state index in [1.165, 1.54) is 0 Å². The second-order valence-electron chi connectivity index (χ2n) is 6.03. The van der Waals surface area contributed by atoms with Crippen LogP contribution in [0.1, 0.15) is 5.82 Å². The van der Waals surface area contributed by atoms with Crippen LogP contribution in [0.25, 0.3) is 11.5 Å². The number of rotatable bonds is 8. The molecule has 0 atom stereocenters. The van der Waals surface area contributed by atoms with E-state index in [0.29, 0.717) is 41.0 Å². The molecular formula is C20H20ClN3O4. The number of hydrogen-bond acceptors (Lipinski definition) is 6. The number of aromatic nitrogens is 2. The SMILES string of the molecule is COc1ccc(OCC(=O)N(C)CCc2noc(-c3ccccc3Cl)n2)cc1. The van der Waals surface area contributed by atoms with Gasteiger partial charge in [-0.25, -0.2) is 0 Å². The first-order valence-corrected chi connectivity index (χ1v) is 9.03. The van der Waals surface area contributed by atoms with E-state index in [1.54, 1.807) is 49.4 Å². The lowest BCUT2D eigenvalue weighted by atomic mass is 10.2. The molecule has 1 aromatic heterocycles. The van der Waals surface area contributed by atoms with Gasteiger partial charge in [-0.1, -0.05) is 28.9 Å². The molecule has 28 heavy (non-hydrogen) atoms. The molecule has 0 aliphatic rings. The largest absolute Gasteiger partial charge is 0.497 e. The fourth-order valence-corrected chi connectivity index (χ4v) is 2.64. The number of amides is 1. The average Bonchev–Trinajstić information content (AvgIpc) is 3.19. The van der Waals surface area contributed by atoms with Crippen LogP contribution in [0.5, 0.6) is 11.5 Å². The zero-order chi connectivity index (χ0) is 19.9. The topological polar surface area (TPSA) is 77.7 Å². The summed E-state index contributed by atoms with van der Waals surface area (Å²) in [6, 6.07) is 14.3. The highest BCUT2D eigenvalue weighted by molar-refractivity contribution is 6.33. The van der Waals surface area contributed by atoms with E-state index in [1.807, 2.05) is 18.2 Å². The Bertz CT molecular complexity index is 927. The van der Waals surface area contributed by atoms with E-state index in [4.69, 9.17) is 25.6 Å². The molecule has 0 aliphatic heterocycles. The van der Waals surface area contributed by atoms with Gasteiger partial charge < -0.3 is 18.9 Å². The number of methoxy groups -OCH3 is 1. The van der Waals surface area contributed by atoms with Crippen molar-refractivity contribution in [1.82, 2.24) is 15.0 Å². The molecule has 7 nitrogen and oxygen atoms in total. The van der Waals surface area contributed by atoms with Gasteiger partial charge in [0.15, 0.2) is 12.4 Å². The Balaban J connectivity index is 1.49. The van der Waals surface area contributed by atoms with E-state index in [-0.39, 0.29) is 12.5 Å². The summed E-state index contributed by atoms with van der Waals surface area (Å²) in [6.45, 7) is 0.381. The molecule has 8 heteroatoms. The van der Waals surface area contributed by atoms with Gasteiger partial charge >= 0.3 is 0 Å². The van der Waals surface area contributed by atoms with Crippen molar-refractivity contribution in [2.75, 3.05) is 27.3 Å². The summed E-state index contributed by atoms with van der Waals surface area (Å²) < 4.78 is 15.9. The van der Waals surface area contributed by atoms with E-state index in [9.17, 15) is 4.79 Å². The van der Waals surface area contributed by atoms with Crippen LogP contribution in [0.3, 0.4) is 0 Å². The van der Waals surface area contributed by atoms with Gasteiger partial charge in [0.25, 0.3) is 11.8 Å². The van der Waals surface area contributed by atoms with Crippen LogP contribution in [0, 0.1) is 0 Å².